The maximum Gasteiger partial charge on any atom is 0.141 e. The second-order valence-corrected chi connectivity index (χ2v) is 4.89. The number of alkyl halides is 1. The first-order valence-electron chi connectivity index (χ1n) is 5.76. The zero-order chi connectivity index (χ0) is 13.8. The molecule has 0 fully saturated rings. The van der Waals surface area contributed by atoms with E-state index in [1.54, 1.807) is 0 Å². The summed E-state index contributed by atoms with van der Waals surface area (Å²) in [7, 11) is 1.87. The van der Waals surface area contributed by atoms with Crippen molar-refractivity contribution in [2.75, 3.05) is 11.9 Å². The molecular formula is C14H13Cl2FN2. The Kier molecular flexibility index (Phi) is 4.61. The highest BCUT2D eigenvalue weighted by atomic mass is 35.5. The van der Waals surface area contributed by atoms with Crippen LogP contribution in [-0.4, -0.2) is 12.0 Å². The molecule has 0 aliphatic rings. The fourth-order valence-electron chi connectivity index (χ4n) is 1.87. The van der Waals surface area contributed by atoms with E-state index in [9.17, 15) is 4.39 Å². The van der Waals surface area contributed by atoms with E-state index in [2.05, 4.69) is 4.98 Å². The molecule has 0 saturated heterocycles. The first kappa shape index (κ1) is 14.1. The molecule has 5 heteroatoms. The van der Waals surface area contributed by atoms with E-state index < -0.39 is 0 Å². The van der Waals surface area contributed by atoms with Crippen LogP contribution in [0.25, 0.3) is 0 Å². The first-order valence-corrected chi connectivity index (χ1v) is 6.68. The van der Waals surface area contributed by atoms with Crippen molar-refractivity contribution in [3.05, 3.63) is 58.5 Å². The average Bonchev–Trinajstić information content (AvgIpc) is 2.41. The smallest absolute Gasteiger partial charge is 0.141 e. The van der Waals surface area contributed by atoms with Gasteiger partial charge in [0.15, 0.2) is 0 Å². The van der Waals surface area contributed by atoms with E-state index in [0.717, 1.165) is 5.56 Å². The largest absolute Gasteiger partial charge is 0.355 e. The van der Waals surface area contributed by atoms with Gasteiger partial charge in [-0.15, -0.1) is 11.6 Å². The van der Waals surface area contributed by atoms with Gasteiger partial charge < -0.3 is 4.90 Å². The summed E-state index contributed by atoms with van der Waals surface area (Å²) in [6.07, 6.45) is 1.19. The molecule has 19 heavy (non-hydrogen) atoms. The van der Waals surface area contributed by atoms with Crippen LogP contribution >= 0.6 is 23.2 Å². The Morgan fingerprint density at radius 2 is 2.00 bits per heavy atom. The number of hydrogen-bond acceptors (Lipinski definition) is 2. The van der Waals surface area contributed by atoms with Crippen LogP contribution in [0.2, 0.25) is 5.02 Å². The highest BCUT2D eigenvalue weighted by Crippen LogP contribution is 2.23. The van der Waals surface area contributed by atoms with E-state index in [0.29, 0.717) is 22.9 Å². The summed E-state index contributed by atoms with van der Waals surface area (Å²) in [6, 6.07) is 8.99. The van der Waals surface area contributed by atoms with Gasteiger partial charge in [-0.1, -0.05) is 29.8 Å². The number of anilines is 1. The van der Waals surface area contributed by atoms with Crippen LogP contribution in [0.15, 0.2) is 36.5 Å². The summed E-state index contributed by atoms with van der Waals surface area (Å²) in [4.78, 5) is 6.00. The molecule has 0 aliphatic carbocycles. The van der Waals surface area contributed by atoms with Crippen LogP contribution in [-0.2, 0) is 12.4 Å². The van der Waals surface area contributed by atoms with Gasteiger partial charge in [-0.2, -0.15) is 0 Å². The van der Waals surface area contributed by atoms with Gasteiger partial charge in [-0.05, 0) is 17.7 Å². The lowest BCUT2D eigenvalue weighted by Crippen LogP contribution is -2.19. The Bertz CT molecular complexity index is 575. The van der Waals surface area contributed by atoms with Gasteiger partial charge in [0.2, 0.25) is 0 Å². The molecule has 0 atom stereocenters. The molecule has 0 radical (unpaired) electrons. The quantitative estimate of drug-likeness (QED) is 0.785. The Morgan fingerprint density at radius 1 is 1.26 bits per heavy atom. The molecule has 2 aromatic rings. The summed E-state index contributed by atoms with van der Waals surface area (Å²) in [6.45, 7) is 0.586. The van der Waals surface area contributed by atoms with Crippen molar-refractivity contribution in [3.8, 4) is 0 Å². The molecule has 0 amide bonds. The molecule has 0 saturated carbocycles. The summed E-state index contributed by atoms with van der Waals surface area (Å²) < 4.78 is 13.1. The van der Waals surface area contributed by atoms with Crippen molar-refractivity contribution in [1.82, 2.24) is 4.98 Å². The minimum absolute atomic E-state index is 0.215. The van der Waals surface area contributed by atoms with Gasteiger partial charge in [-0.3, -0.25) is 0 Å². The van der Waals surface area contributed by atoms with Gasteiger partial charge in [0.05, 0.1) is 12.1 Å². The molecule has 0 spiro atoms. The number of aromatic nitrogens is 1. The van der Waals surface area contributed by atoms with Crippen LogP contribution in [0.4, 0.5) is 10.2 Å². The normalized spacial score (nSPS) is 10.5. The van der Waals surface area contributed by atoms with Crippen LogP contribution in [0.1, 0.15) is 11.1 Å². The zero-order valence-electron chi connectivity index (χ0n) is 10.4. The second-order valence-electron chi connectivity index (χ2n) is 4.22. The molecule has 0 bridgehead atoms. The first-order chi connectivity index (χ1) is 9.11. The van der Waals surface area contributed by atoms with Crippen molar-refractivity contribution in [1.29, 1.82) is 0 Å². The topological polar surface area (TPSA) is 16.1 Å². The fourth-order valence-corrected chi connectivity index (χ4v) is 2.27. The fraction of sp³-hybridized carbons (Fsp3) is 0.214. The lowest BCUT2D eigenvalue weighted by molar-refractivity contribution is 0.619. The third kappa shape index (κ3) is 3.37. The van der Waals surface area contributed by atoms with Gasteiger partial charge in [0.1, 0.15) is 11.6 Å². The van der Waals surface area contributed by atoms with E-state index >= 15 is 0 Å². The number of nitrogens with zero attached hydrogens (tertiary/aromatic N) is 2. The highest BCUT2D eigenvalue weighted by Gasteiger charge is 2.11. The summed E-state index contributed by atoms with van der Waals surface area (Å²) in [5.41, 5.74) is 1.65. The van der Waals surface area contributed by atoms with Crippen LogP contribution in [0.3, 0.4) is 0 Å². The van der Waals surface area contributed by atoms with Crippen molar-refractivity contribution >= 4 is 29.0 Å². The molecule has 0 aliphatic heterocycles. The van der Waals surface area contributed by atoms with Crippen LogP contribution in [0, 0.1) is 5.82 Å². The van der Waals surface area contributed by atoms with Crippen LogP contribution < -0.4 is 4.90 Å². The molecule has 0 N–H and O–H groups in total. The third-order valence-corrected chi connectivity index (χ3v) is 3.44. The minimum atomic E-state index is -0.384. The zero-order valence-corrected chi connectivity index (χ0v) is 11.9. The predicted octanol–water partition coefficient (Wildman–Crippen LogP) is 4.25. The van der Waals surface area contributed by atoms with E-state index in [-0.39, 0.29) is 11.7 Å². The molecule has 0 unspecified atom stereocenters. The third-order valence-electron chi connectivity index (χ3n) is 2.78. The summed E-state index contributed by atoms with van der Waals surface area (Å²) in [5.74, 6) is 0.495. The minimum Gasteiger partial charge on any atom is -0.355 e. The molecule has 1 aromatic carbocycles. The lowest BCUT2D eigenvalue weighted by Gasteiger charge is -2.21. The van der Waals surface area contributed by atoms with E-state index in [4.69, 9.17) is 23.2 Å². The molecule has 1 aromatic heterocycles. The van der Waals surface area contributed by atoms with Crippen molar-refractivity contribution in [2.45, 2.75) is 12.4 Å². The number of rotatable bonds is 4. The molecule has 2 rings (SSSR count). The van der Waals surface area contributed by atoms with E-state index in [1.807, 2.05) is 36.2 Å². The Hall–Kier alpha value is -1.32. The molecule has 100 valence electrons. The summed E-state index contributed by atoms with van der Waals surface area (Å²) >= 11 is 11.9. The highest BCUT2D eigenvalue weighted by molar-refractivity contribution is 6.31. The monoisotopic (exact) mass is 298 g/mol. The second kappa shape index (κ2) is 6.22. The summed E-state index contributed by atoms with van der Waals surface area (Å²) in [5, 5.41) is 0.698. The van der Waals surface area contributed by atoms with Crippen molar-refractivity contribution in [2.24, 2.45) is 0 Å². The van der Waals surface area contributed by atoms with Crippen molar-refractivity contribution < 1.29 is 4.39 Å². The standard InChI is InChI=1S/C14H13Cl2FN2/c1-19(9-10-4-2-3-5-13(10)16)14-11(7-15)6-12(17)8-18-14/h2-6,8H,7,9H2,1H3. The SMILES string of the molecule is CN(Cc1ccccc1Cl)c1ncc(F)cc1CCl. The van der Waals surface area contributed by atoms with Crippen molar-refractivity contribution in [3.63, 3.8) is 0 Å². The van der Waals surface area contributed by atoms with Crippen LogP contribution in [0.5, 0.6) is 0 Å². The Labute approximate surface area is 121 Å². The number of pyridine rings is 1. The Morgan fingerprint density at radius 3 is 2.68 bits per heavy atom. The number of halogens is 3. The lowest BCUT2D eigenvalue weighted by atomic mass is 10.2. The van der Waals surface area contributed by atoms with Gasteiger partial charge in [-0.25, -0.2) is 9.37 Å². The number of benzene rings is 1. The molecule has 1 heterocycles. The van der Waals surface area contributed by atoms with E-state index in [1.165, 1.54) is 12.3 Å². The molecule has 2 nitrogen and oxygen atoms in total. The predicted molar refractivity (Wildman–Crippen MR) is 77.3 cm³/mol. The van der Waals surface area contributed by atoms with Gasteiger partial charge in [0, 0.05) is 24.2 Å². The number of hydrogen-bond donors (Lipinski definition) is 0. The maximum absolute atomic E-state index is 13.1. The molecular weight excluding hydrogens is 286 g/mol. The average molecular weight is 299 g/mol. The Balaban J connectivity index is 2.25. The maximum atomic E-state index is 13.1. The van der Waals surface area contributed by atoms with Gasteiger partial charge in [0.25, 0.3) is 0 Å². The van der Waals surface area contributed by atoms with Gasteiger partial charge >= 0.3 is 0 Å².